The highest BCUT2D eigenvalue weighted by molar-refractivity contribution is 8.00. The summed E-state index contributed by atoms with van der Waals surface area (Å²) in [6, 6.07) is 2.07. The number of anilines is 1. The van der Waals surface area contributed by atoms with Crippen LogP contribution in [0.2, 0.25) is 0 Å². The summed E-state index contributed by atoms with van der Waals surface area (Å²) in [6.45, 7) is 0. The molecule has 0 aliphatic carbocycles. The molecule has 1 amide bonds. The Balaban J connectivity index is 1.88. The predicted octanol–water partition coefficient (Wildman–Crippen LogP) is 2.17. The third-order valence-electron chi connectivity index (χ3n) is 2.96. The molecule has 3 rings (SSSR count). The minimum absolute atomic E-state index is 0.130. The van der Waals surface area contributed by atoms with E-state index in [0.29, 0.717) is 17.7 Å². The van der Waals surface area contributed by atoms with Crippen LogP contribution >= 0.6 is 11.8 Å². The van der Waals surface area contributed by atoms with Crippen molar-refractivity contribution in [1.82, 2.24) is 4.98 Å². The lowest BCUT2D eigenvalue weighted by molar-refractivity contribution is -0.137. The number of hydrazone groups is 1. The molecule has 3 heterocycles. The number of thioether (sulfide) groups is 1. The Kier molecular flexibility index (Phi) is 2.77. The molecule has 4 nitrogen and oxygen atoms in total. The maximum absolute atomic E-state index is 12.4. The molecule has 19 heavy (non-hydrogen) atoms. The number of amides is 1. The Bertz CT molecular complexity index is 555. The first kappa shape index (κ1) is 12.5. The summed E-state index contributed by atoms with van der Waals surface area (Å²) in [6.07, 6.45) is -3.72. The zero-order valence-corrected chi connectivity index (χ0v) is 10.3. The van der Waals surface area contributed by atoms with Crippen LogP contribution in [0, 0.1) is 5.92 Å². The number of rotatable bonds is 1. The molecule has 0 saturated carbocycles. The minimum Gasteiger partial charge on any atom is -0.272 e. The molecule has 8 heteroatoms. The fourth-order valence-corrected chi connectivity index (χ4v) is 3.12. The van der Waals surface area contributed by atoms with E-state index in [9.17, 15) is 18.0 Å². The van der Waals surface area contributed by atoms with Crippen molar-refractivity contribution in [2.24, 2.45) is 11.0 Å². The van der Waals surface area contributed by atoms with Crippen molar-refractivity contribution in [3.05, 3.63) is 23.9 Å². The second kappa shape index (κ2) is 4.22. The molecule has 1 atom stereocenters. The fourth-order valence-electron chi connectivity index (χ4n) is 1.96. The number of fused-ring (bicyclic) bond motifs is 1. The van der Waals surface area contributed by atoms with Gasteiger partial charge in [-0.3, -0.25) is 4.79 Å². The van der Waals surface area contributed by atoms with E-state index in [1.165, 1.54) is 6.07 Å². The second-order valence-corrected chi connectivity index (χ2v) is 5.24. The van der Waals surface area contributed by atoms with Crippen molar-refractivity contribution in [2.45, 2.75) is 6.18 Å². The van der Waals surface area contributed by atoms with E-state index >= 15 is 0 Å². The molecule has 100 valence electrons. The molecule has 0 N–H and O–H groups in total. The molecule has 2 aliphatic rings. The standard InChI is InChI=1S/C11H8F3N3OS/c12-11(13,14)6-1-2-9(15-3-6)17-10(18)7-4-19-5-8(7)16-17/h1-3,7H,4-5H2. The topological polar surface area (TPSA) is 45.6 Å². The van der Waals surface area contributed by atoms with Gasteiger partial charge in [0.05, 0.1) is 17.2 Å². The van der Waals surface area contributed by atoms with E-state index in [1.807, 2.05) is 0 Å². The van der Waals surface area contributed by atoms with Crippen molar-refractivity contribution >= 4 is 29.2 Å². The lowest BCUT2D eigenvalue weighted by atomic mass is 10.1. The van der Waals surface area contributed by atoms with Gasteiger partial charge >= 0.3 is 6.18 Å². The molecule has 1 aromatic rings. The van der Waals surface area contributed by atoms with Crippen molar-refractivity contribution in [2.75, 3.05) is 16.5 Å². The van der Waals surface area contributed by atoms with Gasteiger partial charge in [-0.2, -0.15) is 35.0 Å². The summed E-state index contributed by atoms with van der Waals surface area (Å²) in [5.74, 6) is 1.04. The number of alkyl halides is 3. The number of aromatic nitrogens is 1. The average molecular weight is 287 g/mol. The summed E-state index contributed by atoms with van der Waals surface area (Å²) in [4.78, 5) is 15.7. The number of hydrogen-bond donors (Lipinski definition) is 0. The van der Waals surface area contributed by atoms with E-state index in [1.54, 1.807) is 11.8 Å². The Morgan fingerprint density at radius 2 is 2.16 bits per heavy atom. The Labute approximate surface area is 110 Å². The van der Waals surface area contributed by atoms with Gasteiger partial charge in [0.25, 0.3) is 5.91 Å². The number of carbonyl (C=O) groups is 1. The maximum atomic E-state index is 12.4. The van der Waals surface area contributed by atoms with Gasteiger partial charge in [-0.1, -0.05) is 0 Å². The van der Waals surface area contributed by atoms with Crippen LogP contribution in [-0.2, 0) is 11.0 Å². The van der Waals surface area contributed by atoms with Gasteiger partial charge in [0.1, 0.15) is 0 Å². The van der Waals surface area contributed by atoms with E-state index in [-0.39, 0.29) is 17.6 Å². The van der Waals surface area contributed by atoms with E-state index in [0.717, 1.165) is 16.8 Å². The van der Waals surface area contributed by atoms with Crippen LogP contribution < -0.4 is 5.01 Å². The third-order valence-corrected chi connectivity index (χ3v) is 4.03. The first-order chi connectivity index (χ1) is 8.97. The molecular weight excluding hydrogens is 279 g/mol. The van der Waals surface area contributed by atoms with Gasteiger partial charge in [-0.05, 0) is 12.1 Å². The van der Waals surface area contributed by atoms with E-state index < -0.39 is 11.7 Å². The minimum atomic E-state index is -4.43. The number of halogens is 3. The lowest BCUT2D eigenvalue weighted by Crippen LogP contribution is -2.27. The molecule has 0 aromatic carbocycles. The van der Waals surface area contributed by atoms with Crippen LogP contribution in [0.4, 0.5) is 19.0 Å². The van der Waals surface area contributed by atoms with Crippen molar-refractivity contribution < 1.29 is 18.0 Å². The molecule has 0 bridgehead atoms. The molecule has 1 unspecified atom stereocenters. The van der Waals surface area contributed by atoms with E-state index in [2.05, 4.69) is 10.1 Å². The Morgan fingerprint density at radius 3 is 2.74 bits per heavy atom. The van der Waals surface area contributed by atoms with Crippen LogP contribution in [0.3, 0.4) is 0 Å². The molecular formula is C11H8F3N3OS. The van der Waals surface area contributed by atoms with Crippen LogP contribution in [-0.4, -0.2) is 28.1 Å². The van der Waals surface area contributed by atoms with Gasteiger partial charge in [-0.15, -0.1) is 0 Å². The molecule has 1 aromatic heterocycles. The molecule has 1 saturated heterocycles. The lowest BCUT2D eigenvalue weighted by Gasteiger charge is -2.13. The van der Waals surface area contributed by atoms with Gasteiger partial charge in [-0.25, -0.2) is 4.98 Å². The number of pyridine rings is 1. The number of hydrogen-bond acceptors (Lipinski definition) is 4. The first-order valence-corrected chi connectivity index (χ1v) is 6.64. The highest BCUT2D eigenvalue weighted by Crippen LogP contribution is 2.33. The van der Waals surface area contributed by atoms with Crippen molar-refractivity contribution in [1.29, 1.82) is 0 Å². The molecule has 1 fully saturated rings. The molecule has 0 spiro atoms. The highest BCUT2D eigenvalue weighted by Gasteiger charge is 2.40. The fraction of sp³-hybridized carbons (Fsp3) is 0.364. The van der Waals surface area contributed by atoms with Crippen LogP contribution in [0.1, 0.15) is 5.56 Å². The van der Waals surface area contributed by atoms with Crippen LogP contribution in [0.25, 0.3) is 0 Å². The smallest absolute Gasteiger partial charge is 0.272 e. The van der Waals surface area contributed by atoms with Crippen LogP contribution in [0.15, 0.2) is 23.4 Å². The highest BCUT2D eigenvalue weighted by atomic mass is 32.2. The Morgan fingerprint density at radius 1 is 1.37 bits per heavy atom. The van der Waals surface area contributed by atoms with Crippen molar-refractivity contribution in [3.8, 4) is 0 Å². The third kappa shape index (κ3) is 2.09. The quantitative estimate of drug-likeness (QED) is 0.795. The summed E-state index contributed by atoms with van der Waals surface area (Å²) in [5, 5.41) is 5.23. The van der Waals surface area contributed by atoms with Gasteiger partial charge in [0.15, 0.2) is 5.82 Å². The van der Waals surface area contributed by atoms with Gasteiger partial charge in [0, 0.05) is 17.7 Å². The average Bonchev–Trinajstić information content (AvgIpc) is 2.92. The zero-order valence-electron chi connectivity index (χ0n) is 9.52. The second-order valence-electron chi connectivity index (χ2n) is 4.21. The van der Waals surface area contributed by atoms with Crippen LogP contribution in [0.5, 0.6) is 0 Å². The first-order valence-electron chi connectivity index (χ1n) is 5.49. The number of nitrogens with zero attached hydrogens (tertiary/aromatic N) is 3. The summed E-state index contributed by atoms with van der Waals surface area (Å²) >= 11 is 1.63. The van der Waals surface area contributed by atoms with Gasteiger partial charge < -0.3 is 0 Å². The molecule has 0 radical (unpaired) electrons. The Hall–Kier alpha value is -1.57. The zero-order chi connectivity index (χ0) is 13.6. The van der Waals surface area contributed by atoms with Gasteiger partial charge in [0.2, 0.25) is 0 Å². The SMILES string of the molecule is O=C1C2CSCC2=NN1c1ccc(C(F)(F)F)cn1. The monoisotopic (exact) mass is 287 g/mol. The molecule has 2 aliphatic heterocycles. The van der Waals surface area contributed by atoms with Crippen molar-refractivity contribution in [3.63, 3.8) is 0 Å². The van der Waals surface area contributed by atoms with E-state index in [4.69, 9.17) is 0 Å². The summed E-state index contributed by atoms with van der Waals surface area (Å²) < 4.78 is 37.2. The summed E-state index contributed by atoms with van der Waals surface area (Å²) in [7, 11) is 0. The normalized spacial score (nSPS) is 22.7. The summed E-state index contributed by atoms with van der Waals surface area (Å²) in [5.41, 5.74) is -0.0667. The predicted molar refractivity (Wildman–Crippen MR) is 65.0 cm³/mol. The maximum Gasteiger partial charge on any atom is 0.417 e. The largest absolute Gasteiger partial charge is 0.417 e. The number of carbonyl (C=O) groups excluding carboxylic acids is 1.